The lowest BCUT2D eigenvalue weighted by atomic mass is 9.99. The van der Waals surface area contributed by atoms with Crippen LogP contribution in [0.15, 0.2) is 30.5 Å². The van der Waals surface area contributed by atoms with Crippen molar-refractivity contribution in [2.24, 2.45) is 7.05 Å². The van der Waals surface area contributed by atoms with Gasteiger partial charge in [-0.2, -0.15) is 5.10 Å². The molecule has 2 aromatic rings. The predicted octanol–water partition coefficient (Wildman–Crippen LogP) is 2.18. The third-order valence-corrected chi connectivity index (χ3v) is 2.99. The first kappa shape index (κ1) is 11.8. The highest BCUT2D eigenvalue weighted by molar-refractivity contribution is 5.34. The van der Waals surface area contributed by atoms with Crippen molar-refractivity contribution in [3.8, 4) is 0 Å². The predicted molar refractivity (Wildman–Crippen MR) is 65.2 cm³/mol. The Morgan fingerprint density at radius 1 is 1.35 bits per heavy atom. The molecule has 0 saturated heterocycles. The maximum atomic E-state index is 13.1. The smallest absolute Gasteiger partial charge is 0.123 e. The van der Waals surface area contributed by atoms with Crippen LogP contribution in [0.4, 0.5) is 4.39 Å². The molecule has 0 saturated carbocycles. The summed E-state index contributed by atoms with van der Waals surface area (Å²) in [6.45, 7) is 1.92. The fourth-order valence-electron chi connectivity index (χ4n) is 2.09. The van der Waals surface area contributed by atoms with Gasteiger partial charge in [-0.15, -0.1) is 0 Å². The maximum absolute atomic E-state index is 13.1. The fourth-order valence-corrected chi connectivity index (χ4v) is 2.09. The molecule has 1 aromatic carbocycles. The Balaban J connectivity index is 2.46. The van der Waals surface area contributed by atoms with E-state index in [9.17, 15) is 4.39 Å². The Kier molecular flexibility index (Phi) is 3.24. The molecule has 0 amide bonds. The highest BCUT2D eigenvalue weighted by Gasteiger charge is 2.17. The van der Waals surface area contributed by atoms with E-state index in [2.05, 4.69) is 10.4 Å². The highest BCUT2D eigenvalue weighted by Crippen LogP contribution is 2.24. The summed E-state index contributed by atoms with van der Waals surface area (Å²) < 4.78 is 14.9. The Labute approximate surface area is 100 Å². The van der Waals surface area contributed by atoms with E-state index in [1.165, 1.54) is 6.07 Å². The van der Waals surface area contributed by atoms with E-state index < -0.39 is 0 Å². The first-order valence-corrected chi connectivity index (χ1v) is 5.54. The lowest BCUT2D eigenvalue weighted by Crippen LogP contribution is -2.21. The van der Waals surface area contributed by atoms with Crippen molar-refractivity contribution >= 4 is 0 Å². The number of aryl methyl sites for hydroxylation is 2. The molecule has 0 aliphatic carbocycles. The van der Waals surface area contributed by atoms with Crippen molar-refractivity contribution in [3.63, 3.8) is 0 Å². The molecular weight excluding hydrogens is 217 g/mol. The molecule has 0 radical (unpaired) electrons. The van der Waals surface area contributed by atoms with E-state index in [-0.39, 0.29) is 11.9 Å². The van der Waals surface area contributed by atoms with E-state index >= 15 is 0 Å². The van der Waals surface area contributed by atoms with Gasteiger partial charge in [-0.1, -0.05) is 6.07 Å². The monoisotopic (exact) mass is 233 g/mol. The van der Waals surface area contributed by atoms with Crippen LogP contribution in [0.25, 0.3) is 0 Å². The van der Waals surface area contributed by atoms with Crippen LogP contribution < -0.4 is 5.32 Å². The van der Waals surface area contributed by atoms with Crippen LogP contribution in [0.3, 0.4) is 0 Å². The van der Waals surface area contributed by atoms with Gasteiger partial charge in [-0.05, 0) is 43.3 Å². The van der Waals surface area contributed by atoms with Crippen molar-refractivity contribution < 1.29 is 4.39 Å². The summed E-state index contributed by atoms with van der Waals surface area (Å²) in [6, 6.07) is 6.85. The minimum absolute atomic E-state index is 0.0306. The molecule has 1 N–H and O–H groups in total. The molecule has 17 heavy (non-hydrogen) atoms. The Morgan fingerprint density at radius 3 is 2.65 bits per heavy atom. The summed E-state index contributed by atoms with van der Waals surface area (Å²) in [5.41, 5.74) is 3.06. The average Bonchev–Trinajstić information content (AvgIpc) is 2.69. The molecule has 4 heteroatoms. The zero-order chi connectivity index (χ0) is 12.4. The number of nitrogens with zero attached hydrogens (tertiary/aromatic N) is 2. The minimum Gasteiger partial charge on any atom is -0.308 e. The normalized spacial score (nSPS) is 12.7. The topological polar surface area (TPSA) is 29.9 Å². The molecule has 2 rings (SSSR count). The number of halogens is 1. The second kappa shape index (κ2) is 4.67. The third kappa shape index (κ3) is 2.22. The van der Waals surface area contributed by atoms with Crippen molar-refractivity contribution in [3.05, 3.63) is 53.1 Å². The van der Waals surface area contributed by atoms with Gasteiger partial charge in [0.25, 0.3) is 0 Å². The van der Waals surface area contributed by atoms with E-state index in [4.69, 9.17) is 0 Å². The molecule has 1 heterocycles. The molecule has 0 fully saturated rings. The second-order valence-electron chi connectivity index (χ2n) is 4.10. The van der Waals surface area contributed by atoms with Gasteiger partial charge in [0.15, 0.2) is 0 Å². The summed E-state index contributed by atoms with van der Waals surface area (Å²) in [5.74, 6) is -0.203. The van der Waals surface area contributed by atoms with Gasteiger partial charge in [0.2, 0.25) is 0 Å². The first-order valence-electron chi connectivity index (χ1n) is 5.54. The van der Waals surface area contributed by atoms with E-state index in [0.717, 1.165) is 16.8 Å². The lowest BCUT2D eigenvalue weighted by Gasteiger charge is -2.19. The number of hydrogen-bond acceptors (Lipinski definition) is 2. The van der Waals surface area contributed by atoms with Crippen molar-refractivity contribution in [2.75, 3.05) is 7.05 Å². The minimum atomic E-state index is -0.203. The molecule has 1 aromatic heterocycles. The molecule has 0 spiro atoms. The molecule has 0 aliphatic rings. The van der Waals surface area contributed by atoms with Gasteiger partial charge in [0.1, 0.15) is 5.82 Å². The van der Waals surface area contributed by atoms with Crippen molar-refractivity contribution in [1.82, 2.24) is 15.1 Å². The van der Waals surface area contributed by atoms with Gasteiger partial charge in [-0.3, -0.25) is 4.68 Å². The number of rotatable bonds is 3. The van der Waals surface area contributed by atoms with E-state index in [0.29, 0.717) is 0 Å². The van der Waals surface area contributed by atoms with E-state index in [1.807, 2.05) is 37.8 Å². The summed E-state index contributed by atoms with van der Waals surface area (Å²) in [5, 5.41) is 7.40. The first-order chi connectivity index (χ1) is 8.13. The Morgan fingerprint density at radius 2 is 2.12 bits per heavy atom. The fraction of sp³-hybridized carbons (Fsp3) is 0.308. The van der Waals surface area contributed by atoms with E-state index in [1.54, 1.807) is 12.3 Å². The molecule has 1 unspecified atom stereocenters. The van der Waals surface area contributed by atoms with Crippen molar-refractivity contribution in [2.45, 2.75) is 13.0 Å². The molecular formula is C13H16FN3. The van der Waals surface area contributed by atoms with Crippen LogP contribution in [0, 0.1) is 12.7 Å². The van der Waals surface area contributed by atoms with Crippen LogP contribution in [0.1, 0.15) is 22.9 Å². The Bertz CT molecular complexity index is 519. The molecule has 1 atom stereocenters. The van der Waals surface area contributed by atoms with Gasteiger partial charge in [0, 0.05) is 13.2 Å². The van der Waals surface area contributed by atoms with Crippen molar-refractivity contribution in [1.29, 1.82) is 0 Å². The summed E-state index contributed by atoms with van der Waals surface area (Å²) in [6.07, 6.45) is 1.76. The zero-order valence-corrected chi connectivity index (χ0v) is 10.2. The summed E-state index contributed by atoms with van der Waals surface area (Å²) in [7, 11) is 3.79. The highest BCUT2D eigenvalue weighted by atomic mass is 19.1. The van der Waals surface area contributed by atoms with Gasteiger partial charge in [-0.25, -0.2) is 4.39 Å². The van der Waals surface area contributed by atoms with Gasteiger partial charge in [0.05, 0.1) is 11.7 Å². The van der Waals surface area contributed by atoms with Crippen LogP contribution in [-0.4, -0.2) is 16.8 Å². The Hall–Kier alpha value is -1.68. The SMILES string of the molecule is CNC(c1ccc(F)cc1C)c1ccnn1C. The summed E-state index contributed by atoms with van der Waals surface area (Å²) in [4.78, 5) is 0. The molecule has 90 valence electrons. The van der Waals surface area contributed by atoms with Gasteiger partial charge >= 0.3 is 0 Å². The zero-order valence-electron chi connectivity index (χ0n) is 10.2. The lowest BCUT2D eigenvalue weighted by molar-refractivity contribution is 0.596. The van der Waals surface area contributed by atoms with Crippen LogP contribution in [-0.2, 0) is 7.05 Å². The molecule has 0 aliphatic heterocycles. The number of hydrogen-bond donors (Lipinski definition) is 1. The van der Waals surface area contributed by atoms with Crippen LogP contribution in [0.2, 0.25) is 0 Å². The third-order valence-electron chi connectivity index (χ3n) is 2.99. The number of nitrogens with one attached hydrogen (secondary N) is 1. The second-order valence-corrected chi connectivity index (χ2v) is 4.10. The standard InChI is InChI=1S/C13H16FN3/c1-9-8-10(14)4-5-11(9)13(15-2)12-6-7-16-17(12)3/h4-8,13,15H,1-3H3. The summed E-state index contributed by atoms with van der Waals surface area (Å²) >= 11 is 0. The average molecular weight is 233 g/mol. The largest absolute Gasteiger partial charge is 0.308 e. The maximum Gasteiger partial charge on any atom is 0.123 e. The number of aromatic nitrogens is 2. The molecule has 3 nitrogen and oxygen atoms in total. The van der Waals surface area contributed by atoms with Crippen LogP contribution in [0.5, 0.6) is 0 Å². The van der Waals surface area contributed by atoms with Crippen LogP contribution >= 0.6 is 0 Å². The van der Waals surface area contributed by atoms with Gasteiger partial charge < -0.3 is 5.32 Å². The quantitative estimate of drug-likeness (QED) is 0.880. The number of benzene rings is 1. The molecule has 0 bridgehead atoms.